The summed E-state index contributed by atoms with van der Waals surface area (Å²) >= 11 is 0. The van der Waals surface area contributed by atoms with Crippen LogP contribution in [0.25, 0.3) is 0 Å². The van der Waals surface area contributed by atoms with Crippen molar-refractivity contribution in [2.75, 3.05) is 0 Å². The van der Waals surface area contributed by atoms with Crippen molar-refractivity contribution in [1.82, 2.24) is 0 Å². The number of carbonyl (C=O) groups is 1. The Hall–Kier alpha value is -1.49. The van der Waals surface area contributed by atoms with Crippen LogP contribution in [0.15, 0.2) is 12.1 Å². The molecule has 0 aliphatic carbocycles. The van der Waals surface area contributed by atoms with Crippen LogP contribution in [0.3, 0.4) is 0 Å². The van der Waals surface area contributed by atoms with E-state index in [1.54, 1.807) is 0 Å². The molecule has 0 saturated heterocycles. The molecule has 0 amide bonds. The van der Waals surface area contributed by atoms with E-state index in [-0.39, 0.29) is 0 Å². The fourth-order valence-corrected chi connectivity index (χ4v) is 1.30. The Kier molecular flexibility index (Phi) is 3.36. The number of rotatable bonds is 3. The predicted octanol–water partition coefficient (Wildman–Crippen LogP) is 1.78. The van der Waals surface area contributed by atoms with Crippen LogP contribution >= 0.6 is 0 Å². The Bertz CT molecular complexity index is 367. The summed E-state index contributed by atoms with van der Waals surface area (Å²) in [6.45, 7) is 1.50. The summed E-state index contributed by atoms with van der Waals surface area (Å²) in [5.74, 6) is -3.18. The smallest absolute Gasteiger partial charge is 0.306 e. The lowest BCUT2D eigenvalue weighted by atomic mass is 10.0. The van der Waals surface area contributed by atoms with Crippen LogP contribution in [-0.2, 0) is 4.79 Å². The standard InChI is InChI=1S/C10H10F2O3/c1-5-2-6(11)10(7(12)3-5)8(13)4-9(14)15/h2-3,8,13H,4H2,1H3,(H,14,15). The first kappa shape index (κ1) is 11.6. The molecule has 1 unspecified atom stereocenters. The van der Waals surface area contributed by atoms with Gasteiger partial charge in [-0.2, -0.15) is 0 Å². The first-order valence-electron chi connectivity index (χ1n) is 4.27. The molecule has 1 rings (SSSR count). The van der Waals surface area contributed by atoms with Crippen molar-refractivity contribution >= 4 is 5.97 Å². The summed E-state index contributed by atoms with van der Waals surface area (Å²) in [5.41, 5.74) is -0.223. The fraction of sp³-hybridized carbons (Fsp3) is 0.300. The monoisotopic (exact) mass is 216 g/mol. The highest BCUT2D eigenvalue weighted by molar-refractivity contribution is 5.67. The topological polar surface area (TPSA) is 57.5 Å². The first-order valence-corrected chi connectivity index (χ1v) is 4.27. The van der Waals surface area contributed by atoms with Crippen LogP contribution < -0.4 is 0 Å². The van der Waals surface area contributed by atoms with Crippen LogP contribution in [-0.4, -0.2) is 16.2 Å². The average Bonchev–Trinajstić information content (AvgIpc) is 1.99. The van der Waals surface area contributed by atoms with Gasteiger partial charge >= 0.3 is 5.97 Å². The molecule has 5 heteroatoms. The zero-order valence-electron chi connectivity index (χ0n) is 8.00. The van der Waals surface area contributed by atoms with Gasteiger partial charge in [0.25, 0.3) is 0 Å². The van der Waals surface area contributed by atoms with Crippen LogP contribution in [0, 0.1) is 18.6 Å². The van der Waals surface area contributed by atoms with Crippen LogP contribution in [0.2, 0.25) is 0 Å². The van der Waals surface area contributed by atoms with E-state index in [0.29, 0.717) is 5.56 Å². The van der Waals surface area contributed by atoms with Gasteiger partial charge in [-0.15, -0.1) is 0 Å². The molecule has 1 aromatic rings. The predicted molar refractivity (Wildman–Crippen MR) is 48.3 cm³/mol. The molecule has 1 aromatic carbocycles. The van der Waals surface area contributed by atoms with E-state index in [1.165, 1.54) is 6.92 Å². The maximum Gasteiger partial charge on any atom is 0.306 e. The minimum Gasteiger partial charge on any atom is -0.481 e. The number of aliphatic carboxylic acids is 1. The van der Waals surface area contributed by atoms with Gasteiger partial charge in [-0.05, 0) is 24.6 Å². The minimum atomic E-state index is -1.66. The number of hydrogen-bond acceptors (Lipinski definition) is 2. The van der Waals surface area contributed by atoms with E-state index in [4.69, 9.17) is 5.11 Å². The van der Waals surface area contributed by atoms with Crippen molar-refractivity contribution < 1.29 is 23.8 Å². The van der Waals surface area contributed by atoms with E-state index < -0.39 is 35.7 Å². The highest BCUT2D eigenvalue weighted by Crippen LogP contribution is 2.24. The molecule has 0 aromatic heterocycles. The Morgan fingerprint density at radius 1 is 1.40 bits per heavy atom. The van der Waals surface area contributed by atoms with Crippen LogP contribution in [0.4, 0.5) is 8.78 Å². The van der Waals surface area contributed by atoms with Crippen molar-refractivity contribution in [1.29, 1.82) is 0 Å². The van der Waals surface area contributed by atoms with Gasteiger partial charge in [0.1, 0.15) is 11.6 Å². The third kappa shape index (κ3) is 2.73. The van der Waals surface area contributed by atoms with Gasteiger partial charge in [-0.25, -0.2) is 8.78 Å². The second kappa shape index (κ2) is 4.35. The number of hydrogen-bond donors (Lipinski definition) is 2. The summed E-state index contributed by atoms with van der Waals surface area (Å²) < 4.78 is 26.4. The molecule has 2 N–H and O–H groups in total. The normalized spacial score (nSPS) is 12.5. The number of aliphatic hydroxyl groups is 1. The van der Waals surface area contributed by atoms with Crippen molar-refractivity contribution in [3.05, 3.63) is 34.9 Å². The van der Waals surface area contributed by atoms with Crippen molar-refractivity contribution in [3.8, 4) is 0 Å². The van der Waals surface area contributed by atoms with Gasteiger partial charge in [0, 0.05) is 0 Å². The Morgan fingerprint density at radius 3 is 2.27 bits per heavy atom. The minimum absolute atomic E-state index is 0.372. The summed E-state index contributed by atoms with van der Waals surface area (Å²) in [4.78, 5) is 10.3. The molecule has 82 valence electrons. The zero-order chi connectivity index (χ0) is 11.6. The molecule has 0 heterocycles. The lowest BCUT2D eigenvalue weighted by molar-refractivity contribution is -0.139. The highest BCUT2D eigenvalue weighted by Gasteiger charge is 2.20. The SMILES string of the molecule is Cc1cc(F)c(C(O)CC(=O)O)c(F)c1. The van der Waals surface area contributed by atoms with Crippen molar-refractivity contribution in [2.24, 2.45) is 0 Å². The van der Waals surface area contributed by atoms with E-state index >= 15 is 0 Å². The Labute approximate surface area is 85.0 Å². The highest BCUT2D eigenvalue weighted by atomic mass is 19.1. The molecular weight excluding hydrogens is 206 g/mol. The molecule has 0 spiro atoms. The number of carboxylic acid groups (broad SMARTS) is 1. The molecule has 0 fully saturated rings. The van der Waals surface area contributed by atoms with E-state index in [2.05, 4.69) is 0 Å². The summed E-state index contributed by atoms with van der Waals surface area (Å²) in [6, 6.07) is 2.09. The second-order valence-electron chi connectivity index (χ2n) is 3.26. The van der Waals surface area contributed by atoms with Crippen molar-refractivity contribution in [2.45, 2.75) is 19.4 Å². The molecule has 0 bridgehead atoms. The van der Waals surface area contributed by atoms with Gasteiger partial charge in [0.2, 0.25) is 0 Å². The van der Waals surface area contributed by atoms with Crippen molar-refractivity contribution in [3.63, 3.8) is 0 Å². The zero-order valence-corrected chi connectivity index (χ0v) is 8.00. The Morgan fingerprint density at radius 2 is 1.87 bits per heavy atom. The summed E-state index contributed by atoms with van der Waals surface area (Å²) in [7, 11) is 0. The molecule has 0 saturated carbocycles. The third-order valence-corrected chi connectivity index (χ3v) is 1.92. The quantitative estimate of drug-likeness (QED) is 0.809. The number of aryl methyl sites for hydroxylation is 1. The number of halogens is 2. The Balaban J connectivity index is 3.08. The summed E-state index contributed by atoms with van der Waals surface area (Å²) in [6.07, 6.45) is -2.39. The number of benzene rings is 1. The van der Waals surface area contributed by atoms with Gasteiger partial charge < -0.3 is 10.2 Å². The maximum atomic E-state index is 13.2. The van der Waals surface area contributed by atoms with Gasteiger partial charge in [-0.1, -0.05) is 0 Å². The average molecular weight is 216 g/mol. The second-order valence-corrected chi connectivity index (χ2v) is 3.26. The third-order valence-electron chi connectivity index (χ3n) is 1.92. The number of carboxylic acids is 1. The van der Waals surface area contributed by atoms with Gasteiger partial charge in [0.05, 0.1) is 18.1 Å². The molecular formula is C10H10F2O3. The molecule has 0 aliphatic rings. The number of aliphatic hydroxyl groups excluding tert-OH is 1. The largest absolute Gasteiger partial charge is 0.481 e. The molecule has 3 nitrogen and oxygen atoms in total. The first-order chi connectivity index (χ1) is 6.91. The lowest BCUT2D eigenvalue weighted by Crippen LogP contribution is -2.09. The van der Waals surface area contributed by atoms with Crippen LogP contribution in [0.5, 0.6) is 0 Å². The van der Waals surface area contributed by atoms with Crippen LogP contribution in [0.1, 0.15) is 23.7 Å². The summed E-state index contributed by atoms with van der Waals surface area (Å²) in [5, 5.41) is 17.7. The van der Waals surface area contributed by atoms with E-state index in [9.17, 15) is 18.7 Å². The van der Waals surface area contributed by atoms with E-state index in [1.807, 2.05) is 0 Å². The molecule has 15 heavy (non-hydrogen) atoms. The van der Waals surface area contributed by atoms with Gasteiger partial charge in [-0.3, -0.25) is 4.79 Å². The fourth-order valence-electron chi connectivity index (χ4n) is 1.30. The van der Waals surface area contributed by atoms with Gasteiger partial charge in [0.15, 0.2) is 0 Å². The molecule has 0 radical (unpaired) electrons. The van der Waals surface area contributed by atoms with E-state index in [0.717, 1.165) is 12.1 Å². The molecule has 0 aliphatic heterocycles. The lowest BCUT2D eigenvalue weighted by Gasteiger charge is -2.11. The maximum absolute atomic E-state index is 13.2. The molecule has 1 atom stereocenters.